The first-order valence-corrected chi connectivity index (χ1v) is 2.78. The van der Waals surface area contributed by atoms with Gasteiger partial charge in [0.15, 0.2) is 5.82 Å². The van der Waals surface area contributed by atoms with Crippen molar-refractivity contribution < 1.29 is 0 Å². The van der Waals surface area contributed by atoms with Crippen molar-refractivity contribution in [1.29, 1.82) is 0 Å². The van der Waals surface area contributed by atoms with E-state index < -0.39 is 0 Å². The molecule has 0 aliphatic rings. The topological polar surface area (TPSA) is 80.5 Å². The Kier molecular flexibility index (Phi) is 0.858. The van der Waals surface area contributed by atoms with Gasteiger partial charge in [0.25, 0.3) is 0 Å². The van der Waals surface area contributed by atoms with Crippen molar-refractivity contribution in [1.82, 2.24) is 20.4 Å². The van der Waals surface area contributed by atoms with E-state index in [-0.39, 0.29) is 0 Å². The Labute approximate surface area is 56.3 Å². The molecule has 0 saturated carbocycles. The van der Waals surface area contributed by atoms with Crippen molar-refractivity contribution in [3.05, 3.63) is 12.4 Å². The zero-order valence-corrected chi connectivity index (χ0v) is 5.07. The van der Waals surface area contributed by atoms with E-state index in [0.717, 1.165) is 10.9 Å². The molecule has 0 aromatic carbocycles. The quantitative estimate of drug-likeness (QED) is 0.530. The fourth-order valence-corrected chi connectivity index (χ4v) is 0.801. The van der Waals surface area contributed by atoms with Gasteiger partial charge in [0.2, 0.25) is 0 Å². The van der Waals surface area contributed by atoms with Crippen LogP contribution in [-0.4, -0.2) is 20.4 Å². The van der Waals surface area contributed by atoms with Crippen LogP contribution in [0.2, 0.25) is 0 Å². The Morgan fingerprint density at radius 3 is 3.10 bits per heavy atom. The summed E-state index contributed by atoms with van der Waals surface area (Å²) in [5.41, 5.74) is 6.28. The third-order valence-electron chi connectivity index (χ3n) is 1.30. The first kappa shape index (κ1) is 5.16. The summed E-state index contributed by atoms with van der Waals surface area (Å²) in [6, 6.07) is 0. The van der Waals surface area contributed by atoms with Crippen LogP contribution in [0.1, 0.15) is 0 Å². The van der Waals surface area contributed by atoms with Crippen molar-refractivity contribution in [3.63, 3.8) is 0 Å². The minimum absolute atomic E-state index is 0.409. The molecule has 2 aromatic heterocycles. The average Bonchev–Trinajstić information content (AvgIpc) is 2.36. The second-order valence-corrected chi connectivity index (χ2v) is 1.93. The van der Waals surface area contributed by atoms with Crippen LogP contribution in [0.15, 0.2) is 12.4 Å². The Morgan fingerprint density at radius 1 is 1.40 bits per heavy atom. The van der Waals surface area contributed by atoms with E-state index in [1.165, 1.54) is 0 Å². The summed E-state index contributed by atoms with van der Waals surface area (Å²) in [4.78, 5) is 0. The Bertz CT molecular complexity index is 352. The van der Waals surface area contributed by atoms with Gasteiger partial charge in [-0.2, -0.15) is 10.2 Å². The van der Waals surface area contributed by atoms with Gasteiger partial charge in [-0.1, -0.05) is 0 Å². The summed E-state index contributed by atoms with van der Waals surface area (Å²) < 4.78 is 0. The van der Waals surface area contributed by atoms with E-state index in [4.69, 9.17) is 5.73 Å². The number of aromatic amines is 1. The number of nitrogen functional groups attached to an aromatic ring is 1. The third kappa shape index (κ3) is 0.540. The molecule has 0 radical (unpaired) electrons. The normalized spacial score (nSPS) is 10.4. The predicted octanol–water partition coefficient (Wildman–Crippen LogP) is -0.0649. The van der Waals surface area contributed by atoms with E-state index in [2.05, 4.69) is 20.4 Å². The molecule has 0 saturated heterocycles. The fraction of sp³-hybridized carbons (Fsp3) is 0. The van der Waals surface area contributed by atoms with Gasteiger partial charge < -0.3 is 5.73 Å². The van der Waals surface area contributed by atoms with Gasteiger partial charge in [0, 0.05) is 0 Å². The van der Waals surface area contributed by atoms with Gasteiger partial charge in [-0.05, 0) is 0 Å². The van der Waals surface area contributed by atoms with E-state index in [1.807, 2.05) is 0 Å². The maximum absolute atomic E-state index is 5.47. The van der Waals surface area contributed by atoms with Gasteiger partial charge in [-0.3, -0.25) is 5.10 Å². The molecule has 50 valence electrons. The summed E-state index contributed by atoms with van der Waals surface area (Å²) >= 11 is 0. The highest BCUT2D eigenvalue weighted by molar-refractivity contribution is 5.86. The van der Waals surface area contributed by atoms with Crippen LogP contribution in [0.4, 0.5) is 5.82 Å². The Hall–Kier alpha value is -1.65. The molecule has 0 atom stereocenters. The minimum atomic E-state index is 0.409. The summed E-state index contributed by atoms with van der Waals surface area (Å²) in [6.07, 6.45) is 3.21. The van der Waals surface area contributed by atoms with E-state index in [9.17, 15) is 0 Å². The molecule has 0 spiro atoms. The summed E-state index contributed by atoms with van der Waals surface area (Å²) in [5, 5.41) is 14.6. The van der Waals surface area contributed by atoms with Crippen LogP contribution in [0.3, 0.4) is 0 Å². The number of fused-ring (bicyclic) bond motifs is 1. The van der Waals surface area contributed by atoms with Crippen molar-refractivity contribution in [2.45, 2.75) is 0 Å². The molecule has 0 aliphatic heterocycles. The number of aromatic nitrogens is 4. The number of nitrogens with two attached hydrogens (primary N) is 1. The third-order valence-corrected chi connectivity index (χ3v) is 1.30. The minimum Gasteiger partial charge on any atom is -0.382 e. The van der Waals surface area contributed by atoms with Crippen molar-refractivity contribution >= 4 is 16.7 Å². The Balaban J connectivity index is 2.95. The largest absolute Gasteiger partial charge is 0.382 e. The van der Waals surface area contributed by atoms with Crippen molar-refractivity contribution in [2.75, 3.05) is 5.73 Å². The number of nitrogens with zero attached hydrogens (tertiary/aromatic N) is 3. The van der Waals surface area contributed by atoms with Gasteiger partial charge >= 0.3 is 0 Å². The maximum Gasteiger partial charge on any atom is 0.157 e. The van der Waals surface area contributed by atoms with Crippen LogP contribution in [0.5, 0.6) is 0 Å². The summed E-state index contributed by atoms with van der Waals surface area (Å²) in [6.45, 7) is 0. The number of anilines is 1. The van der Waals surface area contributed by atoms with Gasteiger partial charge in [-0.25, -0.2) is 0 Å². The van der Waals surface area contributed by atoms with Crippen molar-refractivity contribution in [2.24, 2.45) is 0 Å². The predicted molar refractivity (Wildman–Crippen MR) is 36.1 cm³/mol. The molecule has 5 heteroatoms. The Morgan fingerprint density at radius 2 is 2.30 bits per heavy atom. The molecule has 0 fully saturated rings. The van der Waals surface area contributed by atoms with Crippen LogP contribution in [0, 0.1) is 0 Å². The van der Waals surface area contributed by atoms with E-state index >= 15 is 0 Å². The number of hydrogen-bond donors (Lipinski definition) is 2. The lowest BCUT2D eigenvalue weighted by Gasteiger charge is -1.88. The lowest BCUT2D eigenvalue weighted by molar-refractivity contribution is 1.05. The lowest BCUT2D eigenvalue weighted by atomic mass is 10.4. The van der Waals surface area contributed by atoms with Gasteiger partial charge in [0.05, 0.1) is 23.3 Å². The molecule has 2 rings (SSSR count). The second-order valence-electron chi connectivity index (χ2n) is 1.93. The number of hydrogen-bond acceptors (Lipinski definition) is 4. The second kappa shape index (κ2) is 1.66. The van der Waals surface area contributed by atoms with Crippen LogP contribution >= 0.6 is 0 Å². The van der Waals surface area contributed by atoms with E-state index in [0.29, 0.717) is 5.82 Å². The summed E-state index contributed by atoms with van der Waals surface area (Å²) in [5.74, 6) is 0.409. The molecule has 5 nitrogen and oxygen atoms in total. The molecular weight excluding hydrogens is 130 g/mol. The monoisotopic (exact) mass is 135 g/mol. The SMILES string of the molecule is Nc1nncc2[nH]ncc12. The van der Waals surface area contributed by atoms with Gasteiger partial charge in [-0.15, -0.1) is 5.10 Å². The lowest BCUT2D eigenvalue weighted by Crippen LogP contribution is -1.91. The first-order valence-electron chi connectivity index (χ1n) is 2.78. The average molecular weight is 135 g/mol. The highest BCUT2D eigenvalue weighted by Crippen LogP contribution is 2.12. The highest BCUT2D eigenvalue weighted by atomic mass is 15.2. The fourth-order valence-electron chi connectivity index (χ4n) is 0.801. The zero-order chi connectivity index (χ0) is 6.97. The highest BCUT2D eigenvalue weighted by Gasteiger charge is 1.98. The van der Waals surface area contributed by atoms with E-state index in [1.54, 1.807) is 12.4 Å². The van der Waals surface area contributed by atoms with Crippen LogP contribution in [0.25, 0.3) is 10.9 Å². The van der Waals surface area contributed by atoms with Crippen LogP contribution < -0.4 is 5.73 Å². The van der Waals surface area contributed by atoms with Gasteiger partial charge in [0.1, 0.15) is 0 Å². The molecular formula is C5H5N5. The number of nitrogens with one attached hydrogen (secondary N) is 1. The number of H-pyrrole nitrogens is 1. The maximum atomic E-state index is 5.47. The number of rotatable bonds is 0. The first-order chi connectivity index (χ1) is 4.88. The molecule has 0 unspecified atom stereocenters. The molecule has 0 amide bonds. The molecule has 0 aliphatic carbocycles. The molecule has 2 aromatic rings. The standard InChI is InChI=1S/C5H5N5/c6-5-3-1-7-9-4(3)2-8-10-5/h1-2H,(H2,6,10)(H,7,9). The molecule has 3 N–H and O–H groups in total. The summed E-state index contributed by atoms with van der Waals surface area (Å²) in [7, 11) is 0. The van der Waals surface area contributed by atoms with Crippen LogP contribution in [-0.2, 0) is 0 Å². The van der Waals surface area contributed by atoms with Crippen molar-refractivity contribution in [3.8, 4) is 0 Å². The smallest absolute Gasteiger partial charge is 0.157 e. The molecule has 2 heterocycles. The zero-order valence-electron chi connectivity index (χ0n) is 5.07. The molecule has 0 bridgehead atoms. The molecule has 10 heavy (non-hydrogen) atoms.